The van der Waals surface area contributed by atoms with E-state index in [1.54, 1.807) is 0 Å². The van der Waals surface area contributed by atoms with Crippen LogP contribution in [-0.2, 0) is 0 Å². The van der Waals surface area contributed by atoms with Crippen LogP contribution in [0.4, 0.5) is 0 Å². The Morgan fingerprint density at radius 2 is 1.90 bits per heavy atom. The summed E-state index contributed by atoms with van der Waals surface area (Å²) in [5, 5.41) is 14.9. The Bertz CT molecular complexity index is 608. The number of aliphatic hydroxyl groups excluding tert-OH is 1. The van der Waals surface area contributed by atoms with Gasteiger partial charge in [0.15, 0.2) is 0 Å². The fraction of sp³-hybridized carbons (Fsp3) is 0.353. The van der Waals surface area contributed by atoms with E-state index in [-0.39, 0.29) is 11.9 Å². The number of nitrogens with one attached hydrogen (secondary N) is 1. The molecule has 2 aromatic rings. The van der Waals surface area contributed by atoms with Gasteiger partial charge in [0.25, 0.3) is 5.91 Å². The fourth-order valence-corrected chi connectivity index (χ4v) is 3.66. The summed E-state index contributed by atoms with van der Waals surface area (Å²) in [6, 6.07) is 11.8. The molecular formula is C17H19NO2S. The second-order valence-corrected chi connectivity index (χ2v) is 6.38. The molecule has 0 spiro atoms. The highest BCUT2D eigenvalue weighted by Gasteiger charge is 2.26. The van der Waals surface area contributed by atoms with Crippen LogP contribution < -0.4 is 5.32 Å². The van der Waals surface area contributed by atoms with Gasteiger partial charge in [-0.3, -0.25) is 4.79 Å². The minimum Gasteiger partial charge on any atom is -0.391 e. The van der Waals surface area contributed by atoms with Crippen molar-refractivity contribution in [1.29, 1.82) is 0 Å². The standard InChI is InChI=1S/C17H19NO2S/c19-15-9-5-4-8-14(15)18-17(20)16-13(10-11-21-16)12-6-2-1-3-7-12/h1-3,6-7,10-11,14-15,19H,4-5,8-9H2,(H,18,20). The molecular weight excluding hydrogens is 282 g/mol. The summed E-state index contributed by atoms with van der Waals surface area (Å²) in [6.07, 6.45) is 3.34. The van der Waals surface area contributed by atoms with Crippen molar-refractivity contribution in [3.8, 4) is 11.1 Å². The van der Waals surface area contributed by atoms with Crippen LogP contribution in [0.2, 0.25) is 0 Å². The van der Waals surface area contributed by atoms with E-state index in [0.717, 1.165) is 41.7 Å². The van der Waals surface area contributed by atoms with Crippen molar-refractivity contribution >= 4 is 17.2 Å². The molecule has 3 nitrogen and oxygen atoms in total. The molecule has 3 rings (SSSR count). The molecule has 1 aromatic carbocycles. The van der Waals surface area contributed by atoms with Gasteiger partial charge < -0.3 is 10.4 Å². The van der Waals surface area contributed by atoms with Crippen molar-refractivity contribution in [3.05, 3.63) is 46.7 Å². The molecule has 0 radical (unpaired) electrons. The summed E-state index contributed by atoms with van der Waals surface area (Å²) in [5.41, 5.74) is 2.01. The zero-order valence-corrected chi connectivity index (χ0v) is 12.6. The van der Waals surface area contributed by atoms with Crippen molar-refractivity contribution in [2.45, 2.75) is 37.8 Å². The Morgan fingerprint density at radius 1 is 1.14 bits per heavy atom. The maximum absolute atomic E-state index is 12.5. The van der Waals surface area contributed by atoms with Gasteiger partial charge in [-0.15, -0.1) is 11.3 Å². The summed E-state index contributed by atoms with van der Waals surface area (Å²) >= 11 is 1.45. The van der Waals surface area contributed by atoms with Crippen molar-refractivity contribution in [2.24, 2.45) is 0 Å². The van der Waals surface area contributed by atoms with E-state index in [0.29, 0.717) is 0 Å². The minimum atomic E-state index is -0.414. The third kappa shape index (κ3) is 3.17. The molecule has 2 unspecified atom stereocenters. The largest absolute Gasteiger partial charge is 0.391 e. The van der Waals surface area contributed by atoms with Gasteiger partial charge in [-0.1, -0.05) is 43.2 Å². The highest BCUT2D eigenvalue weighted by atomic mass is 32.1. The molecule has 0 bridgehead atoms. The molecule has 2 atom stereocenters. The van der Waals surface area contributed by atoms with E-state index in [1.807, 2.05) is 41.8 Å². The zero-order chi connectivity index (χ0) is 14.7. The first-order valence-electron chi connectivity index (χ1n) is 7.37. The smallest absolute Gasteiger partial charge is 0.262 e. The molecule has 1 amide bonds. The molecule has 0 saturated heterocycles. The predicted octanol–water partition coefficient (Wildman–Crippen LogP) is 3.45. The number of rotatable bonds is 3. The van der Waals surface area contributed by atoms with E-state index >= 15 is 0 Å². The van der Waals surface area contributed by atoms with Crippen molar-refractivity contribution in [2.75, 3.05) is 0 Å². The number of carbonyl (C=O) groups is 1. The van der Waals surface area contributed by atoms with Crippen LogP contribution >= 0.6 is 11.3 Å². The average Bonchev–Trinajstić information content (AvgIpc) is 3.00. The number of carbonyl (C=O) groups excluding carboxylic acids is 1. The number of hydrogen-bond acceptors (Lipinski definition) is 3. The topological polar surface area (TPSA) is 49.3 Å². The molecule has 1 aromatic heterocycles. The van der Waals surface area contributed by atoms with Gasteiger partial charge in [0.1, 0.15) is 0 Å². The Morgan fingerprint density at radius 3 is 2.67 bits per heavy atom. The number of aliphatic hydroxyl groups is 1. The lowest BCUT2D eigenvalue weighted by Gasteiger charge is -2.28. The Balaban J connectivity index is 1.78. The summed E-state index contributed by atoms with van der Waals surface area (Å²) < 4.78 is 0. The van der Waals surface area contributed by atoms with E-state index in [9.17, 15) is 9.90 Å². The first-order valence-corrected chi connectivity index (χ1v) is 8.25. The lowest BCUT2D eigenvalue weighted by molar-refractivity contribution is 0.0720. The van der Waals surface area contributed by atoms with E-state index in [1.165, 1.54) is 11.3 Å². The van der Waals surface area contributed by atoms with Crippen LogP contribution in [-0.4, -0.2) is 23.2 Å². The molecule has 1 heterocycles. The van der Waals surface area contributed by atoms with Crippen LogP contribution in [0.1, 0.15) is 35.4 Å². The zero-order valence-electron chi connectivity index (χ0n) is 11.8. The molecule has 21 heavy (non-hydrogen) atoms. The first-order chi connectivity index (χ1) is 10.3. The Hall–Kier alpha value is -1.65. The SMILES string of the molecule is O=C(NC1CCCCC1O)c1sccc1-c1ccccc1. The normalized spacial score (nSPS) is 22.0. The summed E-state index contributed by atoms with van der Waals surface area (Å²) in [7, 11) is 0. The number of thiophene rings is 1. The van der Waals surface area contributed by atoms with Crippen LogP contribution in [0, 0.1) is 0 Å². The van der Waals surface area contributed by atoms with Crippen LogP contribution in [0.3, 0.4) is 0 Å². The molecule has 2 N–H and O–H groups in total. The fourth-order valence-electron chi connectivity index (χ4n) is 2.84. The summed E-state index contributed by atoms with van der Waals surface area (Å²) in [5.74, 6) is -0.0743. The van der Waals surface area contributed by atoms with E-state index < -0.39 is 6.10 Å². The Kier molecular flexibility index (Phi) is 4.36. The molecule has 110 valence electrons. The third-order valence-electron chi connectivity index (χ3n) is 4.00. The van der Waals surface area contributed by atoms with Gasteiger partial charge in [-0.25, -0.2) is 0 Å². The molecule has 1 saturated carbocycles. The van der Waals surface area contributed by atoms with Crippen molar-refractivity contribution in [3.63, 3.8) is 0 Å². The highest BCUT2D eigenvalue weighted by Crippen LogP contribution is 2.28. The first kappa shape index (κ1) is 14.3. The van der Waals surface area contributed by atoms with Crippen LogP contribution in [0.15, 0.2) is 41.8 Å². The summed E-state index contributed by atoms with van der Waals surface area (Å²) in [6.45, 7) is 0. The van der Waals surface area contributed by atoms with Crippen LogP contribution in [0.25, 0.3) is 11.1 Å². The average molecular weight is 301 g/mol. The maximum atomic E-state index is 12.5. The van der Waals surface area contributed by atoms with Crippen molar-refractivity contribution in [1.82, 2.24) is 5.32 Å². The predicted molar refractivity (Wildman–Crippen MR) is 85.5 cm³/mol. The second kappa shape index (κ2) is 6.41. The van der Waals surface area contributed by atoms with Gasteiger partial charge >= 0.3 is 0 Å². The molecule has 1 aliphatic carbocycles. The number of benzene rings is 1. The molecule has 1 aliphatic rings. The van der Waals surface area contributed by atoms with Gasteiger partial charge in [0, 0.05) is 5.56 Å². The summed E-state index contributed by atoms with van der Waals surface area (Å²) in [4.78, 5) is 13.2. The quantitative estimate of drug-likeness (QED) is 0.912. The highest BCUT2D eigenvalue weighted by molar-refractivity contribution is 7.12. The molecule has 1 fully saturated rings. The second-order valence-electron chi connectivity index (χ2n) is 5.46. The third-order valence-corrected chi connectivity index (χ3v) is 4.92. The van der Waals surface area contributed by atoms with Gasteiger partial charge in [0.2, 0.25) is 0 Å². The Labute approximate surface area is 128 Å². The molecule has 0 aliphatic heterocycles. The van der Waals surface area contributed by atoms with Crippen LogP contribution in [0.5, 0.6) is 0 Å². The van der Waals surface area contributed by atoms with Gasteiger partial charge in [-0.05, 0) is 29.9 Å². The van der Waals surface area contributed by atoms with Gasteiger partial charge in [0.05, 0.1) is 17.0 Å². The molecule has 4 heteroatoms. The van der Waals surface area contributed by atoms with E-state index in [4.69, 9.17) is 0 Å². The number of hydrogen-bond donors (Lipinski definition) is 2. The van der Waals surface area contributed by atoms with Crippen molar-refractivity contribution < 1.29 is 9.90 Å². The van der Waals surface area contributed by atoms with E-state index in [2.05, 4.69) is 5.32 Å². The lowest BCUT2D eigenvalue weighted by atomic mass is 9.92. The lowest BCUT2D eigenvalue weighted by Crippen LogP contribution is -2.44. The van der Waals surface area contributed by atoms with Gasteiger partial charge in [-0.2, -0.15) is 0 Å². The monoisotopic (exact) mass is 301 g/mol. The number of amides is 1. The minimum absolute atomic E-state index is 0.0743. The maximum Gasteiger partial charge on any atom is 0.262 e.